The van der Waals surface area contributed by atoms with Gasteiger partial charge in [-0.1, -0.05) is 6.07 Å². The van der Waals surface area contributed by atoms with E-state index in [4.69, 9.17) is 4.74 Å². The van der Waals surface area contributed by atoms with E-state index in [1.807, 2.05) is 0 Å². The van der Waals surface area contributed by atoms with Crippen molar-refractivity contribution < 1.29 is 22.7 Å². The Morgan fingerprint density at radius 2 is 2.05 bits per heavy atom. The van der Waals surface area contributed by atoms with E-state index >= 15 is 0 Å². The Labute approximate surface area is 107 Å². The smallest absolute Gasteiger partial charge is 0.420 e. The van der Waals surface area contributed by atoms with Gasteiger partial charge >= 0.3 is 6.18 Å². The molecule has 0 aliphatic carbocycles. The van der Waals surface area contributed by atoms with Crippen molar-refractivity contribution in [2.24, 2.45) is 0 Å². The Morgan fingerprint density at radius 3 is 2.63 bits per heavy atom. The third-order valence-corrected chi connectivity index (χ3v) is 2.97. The molecule has 0 saturated carbocycles. The average molecular weight is 274 g/mol. The number of alkyl halides is 3. The number of nitrogens with one attached hydrogen (secondary N) is 2. The minimum absolute atomic E-state index is 0.186. The minimum Gasteiger partial charge on any atom is -0.492 e. The normalized spacial score (nSPS) is 22.3. The first-order valence-electron chi connectivity index (χ1n) is 5.71. The van der Waals surface area contributed by atoms with Crippen LogP contribution in [0.1, 0.15) is 13.8 Å². The maximum Gasteiger partial charge on any atom is 0.420 e. The lowest BCUT2D eigenvalue weighted by atomic mass is 9.96. The summed E-state index contributed by atoms with van der Waals surface area (Å²) in [6, 6.07) is 4.60. The number of anilines is 2. The molecule has 0 aromatic heterocycles. The number of carbonyl (C=O) groups excluding carboxylic acids is 1. The molecule has 0 spiro atoms. The van der Waals surface area contributed by atoms with Gasteiger partial charge in [-0.2, -0.15) is 13.2 Å². The van der Waals surface area contributed by atoms with Crippen LogP contribution in [0.4, 0.5) is 24.5 Å². The van der Waals surface area contributed by atoms with E-state index in [0.29, 0.717) is 12.4 Å². The first kappa shape index (κ1) is 13.5. The molecular formula is C12H13F3N2O2. The van der Waals surface area contributed by atoms with Gasteiger partial charge in [0.25, 0.3) is 5.91 Å². The molecule has 1 aliphatic heterocycles. The van der Waals surface area contributed by atoms with E-state index in [-0.39, 0.29) is 11.4 Å². The number of fused-ring (bicyclic) bond motifs is 1. The van der Waals surface area contributed by atoms with Crippen molar-refractivity contribution in [3.63, 3.8) is 0 Å². The largest absolute Gasteiger partial charge is 0.492 e. The molecule has 1 atom stereocenters. The summed E-state index contributed by atoms with van der Waals surface area (Å²) in [5, 5.41) is 4.51. The lowest BCUT2D eigenvalue weighted by Crippen LogP contribution is -2.60. The summed E-state index contributed by atoms with van der Waals surface area (Å²) in [5.41, 5.74) is -2.23. The number of ether oxygens (including phenoxy) is 1. The Bertz CT molecular complexity index is 516. The summed E-state index contributed by atoms with van der Waals surface area (Å²) in [7, 11) is 0. The van der Waals surface area contributed by atoms with Crippen LogP contribution < -0.4 is 15.4 Å². The Morgan fingerprint density at radius 1 is 1.37 bits per heavy atom. The molecule has 7 heteroatoms. The molecule has 0 bridgehead atoms. The molecule has 1 aromatic carbocycles. The predicted molar refractivity (Wildman–Crippen MR) is 64.3 cm³/mol. The molecule has 19 heavy (non-hydrogen) atoms. The predicted octanol–water partition coefficient (Wildman–Crippen LogP) is 2.77. The third kappa shape index (κ3) is 2.09. The average Bonchev–Trinajstić information content (AvgIpc) is 2.30. The molecule has 104 valence electrons. The van der Waals surface area contributed by atoms with Crippen molar-refractivity contribution in [3.8, 4) is 5.75 Å². The summed E-state index contributed by atoms with van der Waals surface area (Å²) in [6.45, 7) is 2.90. The summed E-state index contributed by atoms with van der Waals surface area (Å²) < 4.78 is 44.2. The van der Waals surface area contributed by atoms with Crippen LogP contribution in [0.2, 0.25) is 0 Å². The van der Waals surface area contributed by atoms with Crippen LogP contribution in [0.25, 0.3) is 0 Å². The van der Waals surface area contributed by atoms with Gasteiger partial charge in [0.1, 0.15) is 11.4 Å². The van der Waals surface area contributed by atoms with E-state index in [2.05, 4.69) is 10.6 Å². The van der Waals surface area contributed by atoms with Crippen LogP contribution >= 0.6 is 0 Å². The highest BCUT2D eigenvalue weighted by molar-refractivity contribution is 6.07. The lowest BCUT2D eigenvalue weighted by Gasteiger charge is -2.37. The number of amides is 1. The monoisotopic (exact) mass is 274 g/mol. The molecule has 1 aliphatic rings. The molecule has 0 radical (unpaired) electrons. The van der Waals surface area contributed by atoms with Gasteiger partial charge in [0, 0.05) is 0 Å². The van der Waals surface area contributed by atoms with Crippen LogP contribution in [0.5, 0.6) is 5.75 Å². The number of hydrogen-bond acceptors (Lipinski definition) is 3. The highest BCUT2D eigenvalue weighted by Gasteiger charge is 2.59. The van der Waals surface area contributed by atoms with Crippen LogP contribution in [-0.4, -0.2) is 24.2 Å². The van der Waals surface area contributed by atoms with E-state index in [0.717, 1.165) is 6.92 Å². The van der Waals surface area contributed by atoms with E-state index in [9.17, 15) is 18.0 Å². The van der Waals surface area contributed by atoms with Crippen molar-refractivity contribution in [2.75, 3.05) is 17.2 Å². The summed E-state index contributed by atoms with van der Waals surface area (Å²) >= 11 is 0. The number of hydrogen-bond donors (Lipinski definition) is 2. The van der Waals surface area contributed by atoms with E-state index < -0.39 is 17.6 Å². The topological polar surface area (TPSA) is 50.4 Å². The molecule has 0 fully saturated rings. The number of carbonyl (C=O) groups is 1. The van der Waals surface area contributed by atoms with Crippen LogP contribution in [0, 0.1) is 0 Å². The second kappa shape index (κ2) is 4.32. The zero-order valence-corrected chi connectivity index (χ0v) is 10.4. The SMILES string of the molecule is CCOc1cccc2c1NC(=O)C(C)(C(F)(F)F)N2. The van der Waals surface area contributed by atoms with Gasteiger partial charge in [-0.25, -0.2) is 0 Å². The van der Waals surface area contributed by atoms with E-state index in [1.54, 1.807) is 19.1 Å². The quantitative estimate of drug-likeness (QED) is 0.871. The highest BCUT2D eigenvalue weighted by Crippen LogP contribution is 2.43. The number of rotatable bonds is 2. The fourth-order valence-electron chi connectivity index (χ4n) is 1.80. The van der Waals surface area contributed by atoms with Crippen molar-refractivity contribution in [1.29, 1.82) is 0 Å². The zero-order chi connectivity index (χ0) is 14.3. The Kier molecular flexibility index (Phi) is 3.07. The van der Waals surface area contributed by atoms with Gasteiger partial charge in [0.05, 0.1) is 12.3 Å². The van der Waals surface area contributed by atoms with Crippen LogP contribution in [-0.2, 0) is 4.79 Å². The fraction of sp³-hybridized carbons (Fsp3) is 0.417. The minimum atomic E-state index is -4.70. The Hall–Kier alpha value is -1.92. The number of halogens is 3. The van der Waals surface area contributed by atoms with Gasteiger partial charge in [-0.3, -0.25) is 4.79 Å². The third-order valence-electron chi connectivity index (χ3n) is 2.97. The van der Waals surface area contributed by atoms with Gasteiger partial charge in [-0.15, -0.1) is 0 Å². The standard InChI is InChI=1S/C12H13F3N2O2/c1-3-19-8-6-4-5-7-9(8)16-10(18)11(2,17-7)12(13,14)15/h4-6,17H,3H2,1-2H3,(H,16,18). The molecule has 1 amide bonds. The highest BCUT2D eigenvalue weighted by atomic mass is 19.4. The fourth-order valence-corrected chi connectivity index (χ4v) is 1.80. The van der Waals surface area contributed by atoms with Crippen molar-refractivity contribution >= 4 is 17.3 Å². The summed E-state index contributed by atoms with van der Waals surface area (Å²) in [5.74, 6) is -0.815. The molecule has 0 saturated heterocycles. The maximum atomic E-state index is 13.0. The van der Waals surface area contributed by atoms with Gasteiger partial charge in [-0.05, 0) is 26.0 Å². The lowest BCUT2D eigenvalue weighted by molar-refractivity contribution is -0.179. The Balaban J connectivity index is 2.46. The van der Waals surface area contributed by atoms with Crippen LogP contribution in [0.15, 0.2) is 18.2 Å². The van der Waals surface area contributed by atoms with E-state index in [1.165, 1.54) is 6.07 Å². The molecule has 2 N–H and O–H groups in total. The zero-order valence-electron chi connectivity index (χ0n) is 10.4. The van der Waals surface area contributed by atoms with Crippen molar-refractivity contribution in [3.05, 3.63) is 18.2 Å². The number of benzene rings is 1. The summed E-state index contributed by atoms with van der Waals surface area (Å²) in [4.78, 5) is 11.7. The van der Waals surface area contributed by atoms with Gasteiger partial charge < -0.3 is 15.4 Å². The van der Waals surface area contributed by atoms with Crippen LogP contribution in [0.3, 0.4) is 0 Å². The van der Waals surface area contributed by atoms with Crippen molar-refractivity contribution in [1.82, 2.24) is 0 Å². The first-order chi connectivity index (χ1) is 8.79. The summed E-state index contributed by atoms with van der Waals surface area (Å²) in [6.07, 6.45) is -4.70. The van der Waals surface area contributed by atoms with Gasteiger partial charge in [0.2, 0.25) is 5.54 Å². The first-order valence-corrected chi connectivity index (χ1v) is 5.71. The second-order valence-electron chi connectivity index (χ2n) is 4.31. The maximum absolute atomic E-state index is 13.0. The molecule has 4 nitrogen and oxygen atoms in total. The molecule has 1 aromatic rings. The molecule has 2 rings (SSSR count). The number of para-hydroxylation sites is 1. The molecule has 1 heterocycles. The molecular weight excluding hydrogens is 261 g/mol. The second-order valence-corrected chi connectivity index (χ2v) is 4.31. The van der Waals surface area contributed by atoms with Gasteiger partial charge in [0.15, 0.2) is 0 Å². The van der Waals surface area contributed by atoms with Crippen molar-refractivity contribution in [2.45, 2.75) is 25.6 Å². The molecule has 1 unspecified atom stereocenters.